The van der Waals surface area contributed by atoms with Crippen LogP contribution in [-0.2, 0) is 17.1 Å². The highest BCUT2D eigenvalue weighted by atomic mass is 32.2. The molecule has 2 aromatic heterocycles. The molecule has 3 rings (SSSR count). The summed E-state index contributed by atoms with van der Waals surface area (Å²) in [6.07, 6.45) is 3.19. The van der Waals surface area contributed by atoms with Gasteiger partial charge in [0.2, 0.25) is 10.0 Å². The molecule has 2 heterocycles. The van der Waals surface area contributed by atoms with E-state index in [-0.39, 0.29) is 16.5 Å². The molecule has 0 fully saturated rings. The molecule has 0 spiro atoms. The molecule has 0 bridgehead atoms. The van der Waals surface area contributed by atoms with Crippen LogP contribution in [0.2, 0.25) is 0 Å². The Balaban J connectivity index is 1.89. The van der Waals surface area contributed by atoms with Crippen molar-refractivity contribution in [3.8, 4) is 11.4 Å². The molecule has 8 nitrogen and oxygen atoms in total. The van der Waals surface area contributed by atoms with Crippen molar-refractivity contribution in [2.45, 2.75) is 24.8 Å². The predicted molar refractivity (Wildman–Crippen MR) is 106 cm³/mol. The summed E-state index contributed by atoms with van der Waals surface area (Å²) in [6.45, 7) is 3.46. The van der Waals surface area contributed by atoms with E-state index in [0.717, 1.165) is 0 Å². The first kappa shape index (κ1) is 19.7. The van der Waals surface area contributed by atoms with Gasteiger partial charge in [0, 0.05) is 24.8 Å². The van der Waals surface area contributed by atoms with E-state index >= 15 is 0 Å². The largest absolute Gasteiger partial charge is 0.319 e. The van der Waals surface area contributed by atoms with Gasteiger partial charge in [-0.3, -0.25) is 14.5 Å². The normalized spacial score (nSPS) is 11.6. The lowest BCUT2D eigenvalue weighted by Crippen LogP contribution is -2.30. The molecular weight excluding hydrogens is 378 g/mol. The van der Waals surface area contributed by atoms with Crippen molar-refractivity contribution >= 4 is 21.6 Å². The fourth-order valence-electron chi connectivity index (χ4n) is 2.71. The van der Waals surface area contributed by atoms with Crippen LogP contribution in [0.25, 0.3) is 11.4 Å². The van der Waals surface area contributed by atoms with Crippen LogP contribution in [0.4, 0.5) is 5.69 Å². The molecule has 28 heavy (non-hydrogen) atoms. The van der Waals surface area contributed by atoms with Gasteiger partial charge in [0.1, 0.15) is 5.69 Å². The third kappa shape index (κ3) is 4.26. The molecule has 0 saturated carbocycles. The first-order valence-electron chi connectivity index (χ1n) is 8.65. The Morgan fingerprint density at radius 3 is 2.61 bits per heavy atom. The molecule has 1 amide bonds. The van der Waals surface area contributed by atoms with Crippen molar-refractivity contribution in [3.05, 3.63) is 60.4 Å². The van der Waals surface area contributed by atoms with Gasteiger partial charge in [-0.25, -0.2) is 13.1 Å². The predicted octanol–water partition coefficient (Wildman–Crippen LogP) is 2.42. The lowest BCUT2D eigenvalue weighted by Gasteiger charge is -2.11. The second kappa shape index (κ2) is 7.91. The highest BCUT2D eigenvalue weighted by Gasteiger charge is 2.19. The quantitative estimate of drug-likeness (QED) is 0.662. The third-order valence-electron chi connectivity index (χ3n) is 3.89. The molecule has 2 N–H and O–H groups in total. The minimum absolute atomic E-state index is 0.0324. The Hall–Kier alpha value is -3.04. The molecule has 0 aliphatic heterocycles. The van der Waals surface area contributed by atoms with Crippen molar-refractivity contribution in [3.63, 3.8) is 0 Å². The van der Waals surface area contributed by atoms with Crippen LogP contribution in [0.3, 0.4) is 0 Å². The van der Waals surface area contributed by atoms with Crippen LogP contribution >= 0.6 is 0 Å². The molecule has 0 unspecified atom stereocenters. The fourth-order valence-corrected chi connectivity index (χ4v) is 4.01. The van der Waals surface area contributed by atoms with Gasteiger partial charge in [-0.1, -0.05) is 12.1 Å². The fraction of sp³-hybridized carbons (Fsp3) is 0.211. The van der Waals surface area contributed by atoms with Crippen molar-refractivity contribution in [2.75, 3.05) is 5.32 Å². The molecule has 0 aliphatic rings. The zero-order valence-corrected chi connectivity index (χ0v) is 16.6. The number of amides is 1. The van der Waals surface area contributed by atoms with Gasteiger partial charge in [0.15, 0.2) is 0 Å². The summed E-state index contributed by atoms with van der Waals surface area (Å²) in [6, 6.07) is 11.1. The molecule has 0 aliphatic carbocycles. The SMILES string of the molecule is CC(C)NS(=O)(=O)c1cccc(C(=O)Nc2cnn(C)c2-c2ccccn2)c1. The highest BCUT2D eigenvalue weighted by molar-refractivity contribution is 7.89. The van der Waals surface area contributed by atoms with Crippen LogP contribution in [-0.4, -0.2) is 35.1 Å². The standard InChI is InChI=1S/C19H21N5O3S/c1-13(2)23-28(26,27)15-8-6-7-14(11-15)19(25)22-17-12-21-24(3)18(17)16-9-4-5-10-20-16/h4-13,23H,1-3H3,(H,22,25). The lowest BCUT2D eigenvalue weighted by molar-refractivity contribution is 0.102. The summed E-state index contributed by atoms with van der Waals surface area (Å²) in [7, 11) is -1.94. The molecule has 146 valence electrons. The summed E-state index contributed by atoms with van der Waals surface area (Å²) in [5.74, 6) is -0.438. The summed E-state index contributed by atoms with van der Waals surface area (Å²) in [5, 5.41) is 6.97. The third-order valence-corrected chi connectivity index (χ3v) is 5.55. The smallest absolute Gasteiger partial charge is 0.255 e. The number of carbonyl (C=O) groups is 1. The van der Waals surface area contributed by atoms with Gasteiger partial charge < -0.3 is 5.32 Å². The van der Waals surface area contributed by atoms with E-state index in [1.165, 1.54) is 24.4 Å². The maximum Gasteiger partial charge on any atom is 0.255 e. The van der Waals surface area contributed by atoms with Crippen molar-refractivity contribution < 1.29 is 13.2 Å². The number of hydrogen-bond acceptors (Lipinski definition) is 5. The summed E-state index contributed by atoms with van der Waals surface area (Å²) < 4.78 is 28.8. The first-order chi connectivity index (χ1) is 13.3. The van der Waals surface area contributed by atoms with Gasteiger partial charge in [-0.05, 0) is 44.2 Å². The van der Waals surface area contributed by atoms with E-state index in [9.17, 15) is 13.2 Å². The molecule has 1 aromatic carbocycles. The molecule has 3 aromatic rings. The van der Waals surface area contributed by atoms with E-state index in [4.69, 9.17) is 0 Å². The molecule has 0 atom stereocenters. The number of hydrogen-bond donors (Lipinski definition) is 2. The number of aryl methyl sites for hydroxylation is 1. The maximum atomic E-state index is 12.7. The second-order valence-electron chi connectivity index (χ2n) is 6.50. The molecule has 9 heteroatoms. The van der Waals surface area contributed by atoms with E-state index in [1.807, 2.05) is 12.1 Å². The second-order valence-corrected chi connectivity index (χ2v) is 8.22. The number of pyridine rings is 1. The molecular formula is C19H21N5O3S. The van der Waals surface area contributed by atoms with E-state index < -0.39 is 15.9 Å². The van der Waals surface area contributed by atoms with Gasteiger partial charge in [-0.15, -0.1) is 0 Å². The van der Waals surface area contributed by atoms with E-state index in [0.29, 0.717) is 17.1 Å². The summed E-state index contributed by atoms with van der Waals surface area (Å²) in [4.78, 5) is 17.1. The van der Waals surface area contributed by atoms with Crippen LogP contribution in [0.15, 0.2) is 59.8 Å². The highest BCUT2D eigenvalue weighted by Crippen LogP contribution is 2.26. The summed E-state index contributed by atoms with van der Waals surface area (Å²) >= 11 is 0. The van der Waals surface area contributed by atoms with Crippen LogP contribution in [0.5, 0.6) is 0 Å². The number of sulfonamides is 1. The number of anilines is 1. The number of nitrogens with one attached hydrogen (secondary N) is 2. The number of benzene rings is 1. The number of nitrogens with zero attached hydrogens (tertiary/aromatic N) is 3. The average molecular weight is 399 g/mol. The van der Waals surface area contributed by atoms with Gasteiger partial charge in [0.25, 0.3) is 5.91 Å². The summed E-state index contributed by atoms with van der Waals surface area (Å²) in [5.41, 5.74) is 2.02. The van der Waals surface area contributed by atoms with Crippen molar-refractivity contribution in [1.82, 2.24) is 19.5 Å². The lowest BCUT2D eigenvalue weighted by atomic mass is 10.2. The topological polar surface area (TPSA) is 106 Å². The van der Waals surface area contributed by atoms with Crippen LogP contribution in [0.1, 0.15) is 24.2 Å². The Labute approximate surface area is 163 Å². The first-order valence-corrected chi connectivity index (χ1v) is 10.1. The Kier molecular flexibility index (Phi) is 5.57. The Bertz CT molecular complexity index is 1090. The minimum Gasteiger partial charge on any atom is -0.319 e. The Morgan fingerprint density at radius 1 is 1.14 bits per heavy atom. The van der Waals surface area contributed by atoms with Gasteiger partial charge >= 0.3 is 0 Å². The molecule has 0 radical (unpaired) electrons. The zero-order valence-electron chi connectivity index (χ0n) is 15.7. The van der Waals surface area contributed by atoms with Gasteiger partial charge in [-0.2, -0.15) is 5.10 Å². The van der Waals surface area contributed by atoms with E-state index in [2.05, 4.69) is 20.1 Å². The zero-order chi connectivity index (χ0) is 20.3. The van der Waals surface area contributed by atoms with Crippen molar-refractivity contribution in [2.24, 2.45) is 7.05 Å². The average Bonchev–Trinajstić information content (AvgIpc) is 3.01. The Morgan fingerprint density at radius 2 is 1.93 bits per heavy atom. The molecule has 0 saturated heterocycles. The van der Waals surface area contributed by atoms with Crippen molar-refractivity contribution in [1.29, 1.82) is 0 Å². The minimum atomic E-state index is -3.69. The van der Waals surface area contributed by atoms with Crippen LogP contribution < -0.4 is 10.0 Å². The number of carbonyl (C=O) groups excluding carboxylic acids is 1. The maximum absolute atomic E-state index is 12.7. The van der Waals surface area contributed by atoms with Crippen LogP contribution in [0, 0.1) is 0 Å². The van der Waals surface area contributed by atoms with Gasteiger partial charge in [0.05, 0.1) is 22.5 Å². The number of rotatable bonds is 6. The number of aromatic nitrogens is 3. The van der Waals surface area contributed by atoms with E-state index in [1.54, 1.807) is 43.9 Å². The monoisotopic (exact) mass is 399 g/mol.